The number of guanidine groups is 2. The van der Waals surface area contributed by atoms with E-state index < -0.39 is 30.3 Å². The summed E-state index contributed by atoms with van der Waals surface area (Å²) in [4.78, 5) is 29.6. The van der Waals surface area contributed by atoms with Crippen molar-refractivity contribution in [1.29, 1.82) is 0 Å². The van der Waals surface area contributed by atoms with Crippen molar-refractivity contribution in [3.8, 4) is 0 Å². The Bertz CT molecular complexity index is 273. The van der Waals surface area contributed by atoms with Crippen LogP contribution < -0.4 is 22.9 Å². The summed E-state index contributed by atoms with van der Waals surface area (Å²) in [6.07, 6.45) is -0.729. The SMILES string of the molecule is NC(N)=NOC(=O)CC(=O)ON=C(N)N. The van der Waals surface area contributed by atoms with Gasteiger partial charge in [-0.2, -0.15) is 0 Å². The van der Waals surface area contributed by atoms with Crippen LogP contribution in [0.2, 0.25) is 0 Å². The molecule has 0 atom stereocenters. The van der Waals surface area contributed by atoms with E-state index in [1.54, 1.807) is 0 Å². The van der Waals surface area contributed by atoms with Gasteiger partial charge in [-0.15, -0.1) is 0 Å². The number of carbonyl (C=O) groups excluding carboxylic acids is 2. The Balaban J connectivity index is 3.92. The topological polar surface area (TPSA) is 181 Å². The molecule has 0 saturated heterocycles. The average molecular weight is 218 g/mol. The number of nitrogens with two attached hydrogens (primary N) is 4. The van der Waals surface area contributed by atoms with Crippen LogP contribution in [0.25, 0.3) is 0 Å². The summed E-state index contributed by atoms with van der Waals surface area (Å²) >= 11 is 0. The van der Waals surface area contributed by atoms with Crippen LogP contribution >= 0.6 is 0 Å². The van der Waals surface area contributed by atoms with Gasteiger partial charge in [0.25, 0.3) is 0 Å². The summed E-state index contributed by atoms with van der Waals surface area (Å²) in [6.45, 7) is 0. The molecule has 0 saturated carbocycles. The molecule has 0 aliphatic carbocycles. The molecule has 0 aromatic carbocycles. The quantitative estimate of drug-likeness (QED) is 0.125. The van der Waals surface area contributed by atoms with Crippen molar-refractivity contribution in [2.75, 3.05) is 0 Å². The van der Waals surface area contributed by atoms with E-state index in [2.05, 4.69) is 20.0 Å². The summed E-state index contributed by atoms with van der Waals surface area (Å²) < 4.78 is 0. The molecule has 0 aromatic rings. The fourth-order valence-electron chi connectivity index (χ4n) is 0.390. The lowest BCUT2D eigenvalue weighted by molar-refractivity contribution is -0.154. The fraction of sp³-hybridized carbons (Fsp3) is 0.200. The molecule has 0 radical (unpaired) electrons. The van der Waals surface area contributed by atoms with E-state index in [-0.39, 0.29) is 0 Å². The Labute approximate surface area is 83.8 Å². The fourth-order valence-corrected chi connectivity index (χ4v) is 0.390. The Kier molecular flexibility index (Phi) is 5.00. The lowest BCUT2D eigenvalue weighted by Crippen LogP contribution is -2.24. The Morgan fingerprint density at radius 2 is 1.20 bits per heavy atom. The van der Waals surface area contributed by atoms with Gasteiger partial charge in [-0.25, -0.2) is 9.59 Å². The van der Waals surface area contributed by atoms with Gasteiger partial charge in [0, 0.05) is 0 Å². The Morgan fingerprint density at radius 3 is 1.47 bits per heavy atom. The lowest BCUT2D eigenvalue weighted by Gasteiger charge is -1.96. The number of hydrogen-bond acceptors (Lipinski definition) is 6. The molecule has 0 rings (SSSR count). The van der Waals surface area contributed by atoms with Crippen LogP contribution in [0.1, 0.15) is 6.42 Å². The third-order valence-electron chi connectivity index (χ3n) is 0.794. The van der Waals surface area contributed by atoms with E-state index in [1.807, 2.05) is 0 Å². The van der Waals surface area contributed by atoms with Gasteiger partial charge in [0.15, 0.2) is 0 Å². The van der Waals surface area contributed by atoms with Gasteiger partial charge in [-0.3, -0.25) is 0 Å². The maximum atomic E-state index is 10.8. The van der Waals surface area contributed by atoms with E-state index in [4.69, 9.17) is 22.9 Å². The van der Waals surface area contributed by atoms with E-state index in [0.717, 1.165) is 0 Å². The van der Waals surface area contributed by atoms with Crippen molar-refractivity contribution in [2.45, 2.75) is 6.42 Å². The molecule has 10 heteroatoms. The minimum atomic E-state index is -1.01. The molecule has 0 aliphatic rings. The average Bonchev–Trinajstić information content (AvgIpc) is 2.11. The molecular formula is C5H10N6O4. The van der Waals surface area contributed by atoms with Gasteiger partial charge in [0.2, 0.25) is 11.9 Å². The summed E-state index contributed by atoms with van der Waals surface area (Å²) in [5.41, 5.74) is 19.4. The standard InChI is InChI=1S/C5H10N6O4/c6-4(7)10-14-2(12)1-3(13)15-11-5(8)9/h1H2,(H4,6,7,10)(H4,8,9,11). The molecular weight excluding hydrogens is 208 g/mol. The molecule has 0 fully saturated rings. The molecule has 0 bridgehead atoms. The highest BCUT2D eigenvalue weighted by atomic mass is 16.7. The van der Waals surface area contributed by atoms with Crippen LogP contribution in [0.5, 0.6) is 0 Å². The highest BCUT2D eigenvalue weighted by Crippen LogP contribution is 1.91. The molecule has 15 heavy (non-hydrogen) atoms. The monoisotopic (exact) mass is 218 g/mol. The second-order valence-electron chi connectivity index (χ2n) is 2.14. The second-order valence-corrected chi connectivity index (χ2v) is 2.14. The van der Waals surface area contributed by atoms with Gasteiger partial charge in [-0.1, -0.05) is 0 Å². The van der Waals surface area contributed by atoms with Crippen molar-refractivity contribution >= 4 is 23.9 Å². The number of rotatable bonds is 4. The van der Waals surface area contributed by atoms with Crippen molar-refractivity contribution in [3.05, 3.63) is 0 Å². The highest BCUT2D eigenvalue weighted by molar-refractivity contribution is 5.91. The molecule has 8 N–H and O–H groups in total. The first kappa shape index (κ1) is 12.5. The van der Waals surface area contributed by atoms with Crippen LogP contribution in [0, 0.1) is 0 Å². The maximum absolute atomic E-state index is 10.8. The molecule has 0 amide bonds. The van der Waals surface area contributed by atoms with Gasteiger partial charge >= 0.3 is 11.9 Å². The van der Waals surface area contributed by atoms with Gasteiger partial charge in [0.05, 0.1) is 0 Å². The minimum Gasteiger partial charge on any atom is -0.367 e. The third-order valence-corrected chi connectivity index (χ3v) is 0.794. The zero-order chi connectivity index (χ0) is 11.8. The van der Waals surface area contributed by atoms with Crippen molar-refractivity contribution in [3.63, 3.8) is 0 Å². The highest BCUT2D eigenvalue weighted by Gasteiger charge is 2.12. The predicted octanol–water partition coefficient (Wildman–Crippen LogP) is -3.16. The first-order valence-electron chi connectivity index (χ1n) is 3.49. The molecule has 10 nitrogen and oxygen atoms in total. The van der Waals surface area contributed by atoms with Gasteiger partial charge < -0.3 is 32.6 Å². The van der Waals surface area contributed by atoms with Crippen LogP contribution in [0.4, 0.5) is 0 Å². The largest absolute Gasteiger partial charge is 0.367 e. The lowest BCUT2D eigenvalue weighted by atomic mass is 10.4. The summed E-state index contributed by atoms with van der Waals surface area (Å²) in [5, 5.41) is 5.80. The Hall–Kier alpha value is -2.52. The van der Waals surface area contributed by atoms with E-state index >= 15 is 0 Å². The number of nitrogens with zero attached hydrogens (tertiary/aromatic N) is 2. The molecule has 0 spiro atoms. The number of oxime groups is 2. The zero-order valence-corrected chi connectivity index (χ0v) is 7.54. The van der Waals surface area contributed by atoms with Crippen LogP contribution in [-0.4, -0.2) is 23.9 Å². The van der Waals surface area contributed by atoms with Crippen LogP contribution in [-0.2, 0) is 19.3 Å². The van der Waals surface area contributed by atoms with E-state index in [1.165, 1.54) is 0 Å². The summed E-state index contributed by atoms with van der Waals surface area (Å²) in [5.74, 6) is -2.94. The molecule has 0 heterocycles. The van der Waals surface area contributed by atoms with E-state index in [0.29, 0.717) is 0 Å². The van der Waals surface area contributed by atoms with Crippen molar-refractivity contribution in [2.24, 2.45) is 33.2 Å². The van der Waals surface area contributed by atoms with E-state index in [9.17, 15) is 9.59 Å². The Morgan fingerprint density at radius 1 is 0.867 bits per heavy atom. The maximum Gasteiger partial charge on any atom is 0.346 e. The minimum absolute atomic E-state index is 0.457. The zero-order valence-electron chi connectivity index (χ0n) is 7.54. The molecule has 84 valence electrons. The summed E-state index contributed by atoms with van der Waals surface area (Å²) in [7, 11) is 0. The van der Waals surface area contributed by atoms with Crippen molar-refractivity contribution in [1.82, 2.24) is 0 Å². The smallest absolute Gasteiger partial charge is 0.346 e. The number of hydrogen-bond donors (Lipinski definition) is 4. The van der Waals surface area contributed by atoms with Crippen LogP contribution in [0.15, 0.2) is 10.3 Å². The third kappa shape index (κ3) is 7.83. The van der Waals surface area contributed by atoms with Gasteiger partial charge in [-0.05, 0) is 10.3 Å². The second kappa shape index (κ2) is 6.01. The predicted molar refractivity (Wildman–Crippen MR) is 48.4 cm³/mol. The first-order valence-corrected chi connectivity index (χ1v) is 3.49. The van der Waals surface area contributed by atoms with Gasteiger partial charge in [0.1, 0.15) is 6.42 Å². The van der Waals surface area contributed by atoms with Crippen LogP contribution in [0.3, 0.4) is 0 Å². The molecule has 0 aliphatic heterocycles. The molecule has 0 aromatic heterocycles. The first-order chi connectivity index (χ1) is 6.91. The normalized spacial score (nSPS) is 8.53. The summed E-state index contributed by atoms with van der Waals surface area (Å²) in [6, 6.07) is 0. The van der Waals surface area contributed by atoms with Crippen molar-refractivity contribution < 1.29 is 19.3 Å². The molecule has 0 unspecified atom stereocenters. The number of carbonyl (C=O) groups is 2.